The molecule has 5 N–H and O–H groups in total. The van der Waals surface area contributed by atoms with Gasteiger partial charge in [-0.3, -0.25) is 9.59 Å². The van der Waals surface area contributed by atoms with Gasteiger partial charge in [0.1, 0.15) is 5.82 Å². The molecule has 7 nitrogen and oxygen atoms in total. The third-order valence-electron chi connectivity index (χ3n) is 15.5. The Kier molecular flexibility index (Phi) is 12.9. The summed E-state index contributed by atoms with van der Waals surface area (Å²) in [7, 11) is 0. The number of aromatic carboxylic acids is 1. The lowest BCUT2D eigenvalue weighted by Crippen LogP contribution is -2.63. The van der Waals surface area contributed by atoms with E-state index in [0.29, 0.717) is 27.7 Å². The van der Waals surface area contributed by atoms with Crippen molar-refractivity contribution in [3.63, 3.8) is 0 Å². The zero-order valence-corrected chi connectivity index (χ0v) is 33.3. The number of aliphatic hydroxyl groups excluding tert-OH is 1. The highest BCUT2D eigenvalue weighted by molar-refractivity contribution is 5.94. The number of halogens is 1. The van der Waals surface area contributed by atoms with Gasteiger partial charge in [-0.15, -0.1) is 6.58 Å². The van der Waals surface area contributed by atoms with Crippen LogP contribution >= 0.6 is 0 Å². The molecule has 2 aromatic rings. The molecule has 9 unspecified atom stereocenters. The van der Waals surface area contributed by atoms with Crippen molar-refractivity contribution >= 4 is 18.3 Å². The number of nitrogens with two attached hydrogens (primary N) is 1. The fraction of sp³-hybridized carbons (Fsp3) is 0.630. The molecule has 5 aliphatic rings. The molecule has 54 heavy (non-hydrogen) atoms. The molecule has 2 aromatic carbocycles. The standard InChI is InChI=1S/C42H56FNO4.C3H6.CH3NO/c1-39(2)33-17-20-40(3)31-16-23-42(19-7-12-32(42)29(31)13-14-34(40)41(33,4)21-18-35(39)45)22-15-26-8-5-9-27(24-26)37(46)44-25-28-10-6-11-30(36(28)43)38(47)48;1-3-2;2-1-3/h5-6,8-11,24,29,31-35,45H,7,12-23,25H2,1-4H3,(H,44,46)(H,47,48);3H,1H2,2H3;1H,(H2,2,3). The normalized spacial score (nSPS) is 34.4. The van der Waals surface area contributed by atoms with Crippen LogP contribution in [0.15, 0.2) is 55.1 Å². The lowest BCUT2D eigenvalue weighted by atomic mass is 9.36. The van der Waals surface area contributed by atoms with Gasteiger partial charge in [0, 0.05) is 17.7 Å². The zero-order chi connectivity index (χ0) is 39.5. The Bertz CT molecular complexity index is 1670. The van der Waals surface area contributed by atoms with Gasteiger partial charge < -0.3 is 21.3 Å². The van der Waals surface area contributed by atoms with Crippen molar-refractivity contribution in [2.75, 3.05) is 0 Å². The van der Waals surface area contributed by atoms with Crippen LogP contribution in [0.2, 0.25) is 0 Å². The second-order valence-electron chi connectivity index (χ2n) is 18.3. The number of allylic oxidation sites excluding steroid dienone is 1. The highest BCUT2D eigenvalue weighted by Gasteiger charge is 2.66. The molecule has 2 amide bonds. The number of benzene rings is 2. The predicted octanol–water partition coefficient (Wildman–Crippen LogP) is 9.51. The van der Waals surface area contributed by atoms with Crippen LogP contribution in [0.4, 0.5) is 4.39 Å². The molecule has 5 fully saturated rings. The van der Waals surface area contributed by atoms with Crippen molar-refractivity contribution in [1.82, 2.24) is 5.32 Å². The van der Waals surface area contributed by atoms with Gasteiger partial charge in [-0.25, -0.2) is 9.18 Å². The number of amides is 2. The maximum Gasteiger partial charge on any atom is 0.338 e. The molecule has 0 saturated heterocycles. The van der Waals surface area contributed by atoms with Crippen LogP contribution in [0.3, 0.4) is 0 Å². The molecule has 0 aliphatic heterocycles. The monoisotopic (exact) mass is 744 g/mol. The van der Waals surface area contributed by atoms with Crippen LogP contribution in [0, 0.1) is 57.1 Å². The van der Waals surface area contributed by atoms with Gasteiger partial charge in [0.2, 0.25) is 6.41 Å². The quantitative estimate of drug-likeness (QED) is 0.166. The summed E-state index contributed by atoms with van der Waals surface area (Å²) in [5, 5.41) is 23.0. The Morgan fingerprint density at radius 1 is 0.926 bits per heavy atom. The minimum Gasteiger partial charge on any atom is -0.478 e. The minimum atomic E-state index is -1.32. The Labute approximate surface area is 322 Å². The Hall–Kier alpha value is -3.52. The lowest BCUT2D eigenvalue weighted by Gasteiger charge is -2.69. The topological polar surface area (TPSA) is 130 Å². The summed E-state index contributed by atoms with van der Waals surface area (Å²) in [5.41, 5.74) is 6.80. The molecule has 0 heterocycles. The summed E-state index contributed by atoms with van der Waals surface area (Å²) in [6, 6.07) is 12.1. The zero-order valence-electron chi connectivity index (χ0n) is 33.3. The number of hydrogen-bond donors (Lipinski definition) is 4. The number of primary amides is 1. The van der Waals surface area contributed by atoms with E-state index in [-0.39, 0.29) is 41.5 Å². The largest absolute Gasteiger partial charge is 0.478 e. The third-order valence-corrected chi connectivity index (χ3v) is 15.5. The molecule has 5 aliphatic carbocycles. The lowest BCUT2D eigenvalue weighted by molar-refractivity contribution is -0.214. The number of aliphatic hydroxyl groups is 1. The first-order chi connectivity index (χ1) is 25.6. The van der Waals surface area contributed by atoms with Crippen molar-refractivity contribution in [1.29, 1.82) is 0 Å². The maximum absolute atomic E-state index is 14.6. The van der Waals surface area contributed by atoms with Gasteiger partial charge in [0.05, 0.1) is 11.7 Å². The Morgan fingerprint density at radius 2 is 1.61 bits per heavy atom. The smallest absolute Gasteiger partial charge is 0.338 e. The van der Waals surface area contributed by atoms with Gasteiger partial charge in [-0.05, 0) is 159 Å². The van der Waals surface area contributed by atoms with Crippen LogP contribution in [-0.2, 0) is 17.8 Å². The number of carboxylic acids is 1. The van der Waals surface area contributed by atoms with Crippen molar-refractivity contribution < 1.29 is 29.0 Å². The molecule has 0 bridgehead atoms. The third kappa shape index (κ3) is 7.66. The van der Waals surface area contributed by atoms with E-state index in [1.165, 1.54) is 94.4 Å². The average Bonchev–Trinajstić information content (AvgIpc) is 3.57. The Balaban J connectivity index is 0.000000878. The van der Waals surface area contributed by atoms with Crippen molar-refractivity contribution in [3.8, 4) is 0 Å². The van der Waals surface area contributed by atoms with E-state index in [1.807, 2.05) is 19.1 Å². The van der Waals surface area contributed by atoms with Crippen molar-refractivity contribution in [2.45, 2.75) is 131 Å². The number of carbonyl (C=O) groups is 3. The van der Waals surface area contributed by atoms with E-state index in [4.69, 9.17) is 4.79 Å². The fourth-order valence-electron chi connectivity index (χ4n) is 13.2. The van der Waals surface area contributed by atoms with Crippen LogP contribution < -0.4 is 11.1 Å². The molecule has 0 radical (unpaired) electrons. The number of aryl methyl sites for hydroxylation is 1. The molecule has 7 rings (SSSR count). The van der Waals surface area contributed by atoms with Crippen molar-refractivity contribution in [2.24, 2.45) is 57.0 Å². The number of carbonyl (C=O) groups excluding carboxylic acids is 2. The molecule has 296 valence electrons. The van der Waals surface area contributed by atoms with E-state index in [9.17, 15) is 24.2 Å². The molecule has 0 spiro atoms. The van der Waals surface area contributed by atoms with E-state index in [2.05, 4.69) is 51.4 Å². The van der Waals surface area contributed by atoms with Gasteiger partial charge in [0.15, 0.2) is 0 Å². The van der Waals surface area contributed by atoms with E-state index in [0.717, 1.165) is 36.5 Å². The molecule has 0 aromatic heterocycles. The Morgan fingerprint density at radius 3 is 2.31 bits per heavy atom. The molecular formula is C46H65FN2O5. The van der Waals surface area contributed by atoms with Crippen LogP contribution in [0.1, 0.15) is 144 Å². The number of hydrogen-bond acceptors (Lipinski definition) is 4. The first-order valence-corrected chi connectivity index (χ1v) is 20.4. The van der Waals surface area contributed by atoms with Gasteiger partial charge in [-0.1, -0.05) is 64.5 Å². The summed E-state index contributed by atoms with van der Waals surface area (Å²) < 4.78 is 14.6. The van der Waals surface area contributed by atoms with Crippen LogP contribution in [0.25, 0.3) is 0 Å². The van der Waals surface area contributed by atoms with Crippen molar-refractivity contribution in [3.05, 3.63) is 83.2 Å². The van der Waals surface area contributed by atoms with E-state index in [1.54, 1.807) is 12.1 Å². The summed E-state index contributed by atoms with van der Waals surface area (Å²) in [6.07, 6.45) is 18.1. The number of carboxylic acid groups (broad SMARTS) is 1. The van der Waals surface area contributed by atoms with Gasteiger partial charge in [0.25, 0.3) is 5.91 Å². The van der Waals surface area contributed by atoms with E-state index >= 15 is 0 Å². The summed E-state index contributed by atoms with van der Waals surface area (Å²) in [6.45, 7) is 15.2. The van der Waals surface area contributed by atoms with Gasteiger partial charge >= 0.3 is 5.97 Å². The van der Waals surface area contributed by atoms with Crippen LogP contribution in [-0.4, -0.2) is 34.6 Å². The average molecular weight is 745 g/mol. The molecule has 8 heteroatoms. The number of fused-ring (bicyclic) bond motifs is 7. The summed E-state index contributed by atoms with van der Waals surface area (Å²) >= 11 is 0. The first-order valence-electron chi connectivity index (χ1n) is 20.4. The SMILES string of the molecule is C=CC.CC1(C)C(O)CCC2(C)C1CCC1(C)C3CCC4(CCc5cccc(C(=O)NCc6cccc(C(=O)O)c6F)c5)CCCC4C3CCC12.NC=O. The molecule has 9 atom stereocenters. The minimum absolute atomic E-state index is 0.00215. The summed E-state index contributed by atoms with van der Waals surface area (Å²) in [5.74, 6) is 1.40. The second-order valence-corrected chi connectivity index (χ2v) is 18.3. The van der Waals surface area contributed by atoms with Gasteiger partial charge in [-0.2, -0.15) is 0 Å². The predicted molar refractivity (Wildman–Crippen MR) is 212 cm³/mol. The first kappa shape index (κ1) is 41.6. The highest BCUT2D eigenvalue weighted by atomic mass is 19.1. The van der Waals surface area contributed by atoms with Crippen LogP contribution in [0.5, 0.6) is 0 Å². The maximum atomic E-state index is 14.6. The second kappa shape index (κ2) is 16.7. The highest BCUT2D eigenvalue weighted by Crippen LogP contribution is 2.73. The summed E-state index contributed by atoms with van der Waals surface area (Å²) in [4.78, 5) is 33.0. The molecular weight excluding hydrogens is 680 g/mol. The number of nitrogens with one attached hydrogen (secondary N) is 1. The fourth-order valence-corrected chi connectivity index (χ4v) is 13.2. The molecule has 5 saturated carbocycles. The van der Waals surface area contributed by atoms with E-state index < -0.39 is 11.8 Å². The number of rotatable bonds is 7.